The van der Waals surface area contributed by atoms with E-state index in [0.717, 1.165) is 13.2 Å². The molecule has 0 fully saturated rings. The van der Waals surface area contributed by atoms with E-state index in [4.69, 9.17) is 9.47 Å². The summed E-state index contributed by atoms with van der Waals surface area (Å²) in [6.07, 6.45) is 1.33. The molecule has 1 aromatic carbocycles. The van der Waals surface area contributed by atoms with E-state index in [2.05, 4.69) is 13.9 Å². The Morgan fingerprint density at radius 1 is 1.07 bits per heavy atom. The quantitative estimate of drug-likeness (QED) is 0.310. The van der Waals surface area contributed by atoms with Gasteiger partial charge in [0, 0.05) is 18.2 Å². The van der Waals surface area contributed by atoms with Crippen LogP contribution in [0.25, 0.3) is 16.0 Å². The number of benzene rings is 1. The van der Waals surface area contributed by atoms with Crippen molar-refractivity contribution < 1.29 is 44.8 Å². The van der Waals surface area contributed by atoms with Gasteiger partial charge in [0.15, 0.2) is 22.1 Å². The number of aromatic nitrogens is 2. The zero-order chi connectivity index (χ0) is 22.3. The summed E-state index contributed by atoms with van der Waals surface area (Å²) in [6.45, 7) is 0. The molecule has 2 aromatic heterocycles. The lowest BCUT2D eigenvalue weighted by Crippen LogP contribution is -2.28. The van der Waals surface area contributed by atoms with Crippen molar-refractivity contribution >= 4 is 38.5 Å². The fourth-order valence-corrected chi connectivity index (χ4v) is 3.96. The Balaban J connectivity index is 2.16. The number of carbonyl (C=O) groups excluding carboxylic acids is 1. The molecule has 2 heterocycles. The Bertz CT molecular complexity index is 1220. The van der Waals surface area contributed by atoms with E-state index >= 15 is 0 Å². The van der Waals surface area contributed by atoms with E-state index in [1.54, 1.807) is 12.1 Å². The number of hydrogen-bond acceptors (Lipinski definition) is 9. The normalized spacial score (nSPS) is 12.1. The number of halogens is 3. The molecule has 0 aliphatic rings. The number of rotatable bonds is 6. The molecule has 0 atom stereocenters. The molecule has 14 heteroatoms. The summed E-state index contributed by atoms with van der Waals surface area (Å²) in [5.74, 6) is -1.13. The lowest BCUT2D eigenvalue weighted by molar-refractivity contribution is -0.0500. The van der Waals surface area contributed by atoms with Gasteiger partial charge in [0.25, 0.3) is 0 Å². The van der Waals surface area contributed by atoms with Crippen molar-refractivity contribution in [2.45, 2.75) is 5.51 Å². The molecule has 0 N–H and O–H groups in total. The van der Waals surface area contributed by atoms with Gasteiger partial charge < -0.3 is 18.4 Å². The van der Waals surface area contributed by atoms with Crippen LogP contribution in [0.5, 0.6) is 17.2 Å². The van der Waals surface area contributed by atoms with E-state index in [0.29, 0.717) is 33.9 Å². The number of alkyl halides is 3. The predicted octanol–water partition coefficient (Wildman–Crippen LogP) is 3.12. The number of fused-ring (bicyclic) bond motifs is 1. The fraction of sp³-hybridized carbons (Fsp3) is 0.250. The second kappa shape index (κ2) is 7.68. The summed E-state index contributed by atoms with van der Waals surface area (Å²) in [7, 11) is -2.15. The Hall–Kier alpha value is -3.00. The number of thiophene rings is 1. The van der Waals surface area contributed by atoms with Crippen LogP contribution in [-0.4, -0.2) is 50.8 Å². The van der Waals surface area contributed by atoms with Crippen molar-refractivity contribution in [3.63, 3.8) is 0 Å². The molecule has 30 heavy (non-hydrogen) atoms. The highest BCUT2D eigenvalue weighted by molar-refractivity contribution is 7.88. The monoisotopic (exact) mass is 466 g/mol. The van der Waals surface area contributed by atoms with Crippen molar-refractivity contribution in [1.82, 2.24) is 9.55 Å². The minimum absolute atomic E-state index is 0.150. The molecule has 162 valence electrons. The van der Waals surface area contributed by atoms with Gasteiger partial charge in [-0.05, 0) is 0 Å². The summed E-state index contributed by atoms with van der Waals surface area (Å²) >= 11 is 0.659. The number of carbonyl (C=O) groups is 1. The smallest absolute Gasteiger partial charge is 0.493 e. The van der Waals surface area contributed by atoms with Gasteiger partial charge in [-0.1, -0.05) is 0 Å². The Morgan fingerprint density at radius 2 is 1.70 bits per heavy atom. The van der Waals surface area contributed by atoms with E-state index < -0.39 is 32.2 Å². The third-order valence-corrected chi connectivity index (χ3v) is 5.89. The van der Waals surface area contributed by atoms with Gasteiger partial charge in [-0.25, -0.2) is 9.78 Å². The van der Waals surface area contributed by atoms with Crippen molar-refractivity contribution in [2.75, 3.05) is 21.3 Å². The zero-order valence-electron chi connectivity index (χ0n) is 15.5. The van der Waals surface area contributed by atoms with Crippen LogP contribution in [0.2, 0.25) is 0 Å². The molecular weight excluding hydrogens is 453 g/mol. The van der Waals surface area contributed by atoms with Gasteiger partial charge >= 0.3 is 21.6 Å². The molecule has 0 aliphatic carbocycles. The fourth-order valence-electron chi connectivity index (χ4n) is 2.45. The predicted molar refractivity (Wildman–Crippen MR) is 99.0 cm³/mol. The molecule has 0 aliphatic heterocycles. The molecule has 3 aromatic rings. The van der Waals surface area contributed by atoms with Crippen molar-refractivity contribution in [3.8, 4) is 22.2 Å². The summed E-state index contributed by atoms with van der Waals surface area (Å²) in [4.78, 5) is 15.7. The van der Waals surface area contributed by atoms with Gasteiger partial charge in [-0.15, -0.1) is 11.3 Å². The molecule has 3 rings (SSSR count). The summed E-state index contributed by atoms with van der Waals surface area (Å²) < 4.78 is 81.5. The lowest BCUT2D eigenvalue weighted by atomic mass is 10.2. The number of esters is 1. The third kappa shape index (κ3) is 3.75. The first kappa shape index (κ1) is 21.7. The van der Waals surface area contributed by atoms with Crippen molar-refractivity contribution in [3.05, 3.63) is 29.4 Å². The molecule has 0 radical (unpaired) electrons. The van der Waals surface area contributed by atoms with Gasteiger partial charge in [0.2, 0.25) is 0 Å². The summed E-state index contributed by atoms with van der Waals surface area (Å²) in [6, 6.07) is 4.11. The van der Waals surface area contributed by atoms with Crippen LogP contribution in [0, 0.1) is 0 Å². The molecule has 0 spiro atoms. The van der Waals surface area contributed by atoms with E-state index in [1.807, 2.05) is 0 Å². The van der Waals surface area contributed by atoms with Crippen LogP contribution in [0.3, 0.4) is 0 Å². The van der Waals surface area contributed by atoms with Crippen LogP contribution in [0.4, 0.5) is 13.2 Å². The third-order valence-electron chi connectivity index (χ3n) is 3.83. The van der Waals surface area contributed by atoms with Gasteiger partial charge in [0.1, 0.15) is 11.3 Å². The molecule has 9 nitrogen and oxygen atoms in total. The largest absolute Gasteiger partial charge is 0.534 e. The number of ether oxygens (including phenoxy) is 3. The molecule has 0 saturated heterocycles. The average Bonchev–Trinajstić information content (AvgIpc) is 3.28. The minimum Gasteiger partial charge on any atom is -0.493 e. The first-order chi connectivity index (χ1) is 14.0. The molecule has 0 unspecified atom stereocenters. The Kier molecular flexibility index (Phi) is 5.56. The average molecular weight is 466 g/mol. The van der Waals surface area contributed by atoms with Crippen LogP contribution >= 0.6 is 11.3 Å². The van der Waals surface area contributed by atoms with Crippen molar-refractivity contribution in [1.29, 1.82) is 0 Å². The molecule has 0 amide bonds. The number of hydrogen-bond donors (Lipinski definition) is 0. The molecule has 0 bridgehead atoms. The lowest BCUT2D eigenvalue weighted by Gasteiger charge is -2.09. The van der Waals surface area contributed by atoms with Crippen LogP contribution in [0.1, 0.15) is 9.67 Å². The number of imidazole rings is 1. The number of nitrogens with zero attached hydrogens (tertiary/aromatic N) is 2. The minimum atomic E-state index is -6.00. The van der Waals surface area contributed by atoms with Gasteiger partial charge in [-0.2, -0.15) is 21.6 Å². The SMILES string of the molecule is COC(=O)c1sc(-n2cnc3cc(OC)c(OC)cc32)cc1OS(=O)(=O)C(F)(F)F. The first-order valence-corrected chi connectivity index (χ1v) is 10.1. The zero-order valence-corrected chi connectivity index (χ0v) is 17.1. The van der Waals surface area contributed by atoms with Gasteiger partial charge in [0.05, 0.1) is 32.4 Å². The van der Waals surface area contributed by atoms with Crippen LogP contribution in [0.15, 0.2) is 24.5 Å². The van der Waals surface area contributed by atoms with E-state index in [-0.39, 0.29) is 5.00 Å². The standard InChI is InChI=1S/C16H13F3N2O7S2/c1-25-10-4-8-9(5-11(10)26-2)21(7-20-8)13-6-12(14(29-13)15(22)27-3)28-30(23,24)16(17,18)19/h4-7H,1-3H3. The maximum atomic E-state index is 12.7. The number of methoxy groups -OCH3 is 3. The van der Waals surface area contributed by atoms with Crippen molar-refractivity contribution in [2.24, 2.45) is 0 Å². The van der Waals surface area contributed by atoms with E-state index in [9.17, 15) is 26.4 Å². The summed E-state index contributed by atoms with van der Waals surface area (Å²) in [5.41, 5.74) is -4.77. The highest BCUT2D eigenvalue weighted by Gasteiger charge is 2.49. The highest BCUT2D eigenvalue weighted by atomic mass is 32.2. The topological polar surface area (TPSA) is 106 Å². The Morgan fingerprint density at radius 3 is 2.27 bits per heavy atom. The maximum absolute atomic E-state index is 12.7. The second-order valence-electron chi connectivity index (χ2n) is 5.56. The maximum Gasteiger partial charge on any atom is 0.534 e. The van der Waals surface area contributed by atoms with Crippen LogP contribution in [-0.2, 0) is 14.9 Å². The molecular formula is C16H13F3N2O7S2. The highest BCUT2D eigenvalue weighted by Crippen LogP contribution is 2.39. The second-order valence-corrected chi connectivity index (χ2v) is 8.13. The summed E-state index contributed by atoms with van der Waals surface area (Å²) in [5, 5.41) is 0.150. The van der Waals surface area contributed by atoms with Crippen LogP contribution < -0.4 is 13.7 Å². The first-order valence-electron chi connectivity index (χ1n) is 7.84. The molecule has 0 saturated carbocycles. The van der Waals surface area contributed by atoms with Gasteiger partial charge in [-0.3, -0.25) is 4.57 Å². The van der Waals surface area contributed by atoms with E-state index in [1.165, 1.54) is 25.1 Å². The Labute approximate surface area is 171 Å².